The van der Waals surface area contributed by atoms with Gasteiger partial charge in [-0.25, -0.2) is 14.4 Å². The fourth-order valence-electron chi connectivity index (χ4n) is 4.33. The first-order valence-electron chi connectivity index (χ1n) is 13.4. The number of nitrogens with zero attached hydrogens (tertiary/aromatic N) is 1. The minimum absolute atomic E-state index is 0.202. The minimum Gasteiger partial charge on any atom is -0.490 e. The molecule has 4 N–H and O–H groups in total. The average molecular weight is 627 g/mol. The Morgan fingerprint density at radius 2 is 1.86 bits per heavy atom. The van der Waals surface area contributed by atoms with Crippen molar-refractivity contribution in [1.29, 1.82) is 0 Å². The van der Waals surface area contributed by atoms with Crippen LogP contribution in [0.15, 0.2) is 69.3 Å². The third kappa shape index (κ3) is 7.49. The highest BCUT2D eigenvalue weighted by Gasteiger charge is 2.32. The lowest BCUT2D eigenvalue weighted by Gasteiger charge is -2.28. The summed E-state index contributed by atoms with van der Waals surface area (Å²) in [6.07, 6.45) is 0.147. The van der Waals surface area contributed by atoms with E-state index >= 15 is 0 Å². The van der Waals surface area contributed by atoms with Crippen LogP contribution in [-0.2, 0) is 14.3 Å². The molecule has 0 saturated heterocycles. The zero-order valence-electron chi connectivity index (χ0n) is 24.3. The molecule has 0 saturated carbocycles. The first-order chi connectivity index (χ1) is 21.1. The Kier molecular flexibility index (Phi) is 10.5. The maximum atomic E-state index is 12.4. The number of hydrazone groups is 1. The van der Waals surface area contributed by atoms with Crippen molar-refractivity contribution in [3.05, 3.63) is 81.7 Å². The SMILES string of the molecule is CCOc1cc([C@@H]2NC(=O)NC(C)=C2C(=O)OC)ccc1OC[C@H](O)N/N=C\c1ccc(-c2cc(C(=O)OC)ccc2Cl)o1. The van der Waals surface area contributed by atoms with Gasteiger partial charge in [-0.15, -0.1) is 0 Å². The van der Waals surface area contributed by atoms with Crippen LogP contribution in [0.1, 0.15) is 41.6 Å². The van der Waals surface area contributed by atoms with Gasteiger partial charge in [-0.2, -0.15) is 5.10 Å². The summed E-state index contributed by atoms with van der Waals surface area (Å²) in [6.45, 7) is 3.52. The summed E-state index contributed by atoms with van der Waals surface area (Å²) in [7, 11) is 2.55. The lowest BCUT2D eigenvalue weighted by molar-refractivity contribution is -0.136. The van der Waals surface area contributed by atoms with E-state index in [-0.39, 0.29) is 12.2 Å². The predicted molar refractivity (Wildman–Crippen MR) is 159 cm³/mol. The van der Waals surface area contributed by atoms with Gasteiger partial charge in [0.25, 0.3) is 0 Å². The van der Waals surface area contributed by atoms with Crippen LogP contribution in [0.4, 0.5) is 4.79 Å². The number of nitrogens with one attached hydrogen (secondary N) is 3. The highest BCUT2D eigenvalue weighted by molar-refractivity contribution is 6.33. The second-order valence-corrected chi connectivity index (χ2v) is 9.71. The van der Waals surface area contributed by atoms with E-state index < -0.39 is 30.2 Å². The van der Waals surface area contributed by atoms with Crippen LogP contribution in [0, 0.1) is 0 Å². The van der Waals surface area contributed by atoms with E-state index in [1.807, 2.05) is 0 Å². The molecule has 2 heterocycles. The van der Waals surface area contributed by atoms with Gasteiger partial charge in [0.2, 0.25) is 0 Å². The second kappa shape index (κ2) is 14.4. The van der Waals surface area contributed by atoms with E-state index in [2.05, 4.69) is 21.2 Å². The Balaban J connectivity index is 1.40. The van der Waals surface area contributed by atoms with Gasteiger partial charge in [0.15, 0.2) is 17.7 Å². The lowest BCUT2D eigenvalue weighted by atomic mass is 9.95. The number of hydrogen-bond donors (Lipinski definition) is 4. The highest BCUT2D eigenvalue weighted by Crippen LogP contribution is 2.35. The van der Waals surface area contributed by atoms with Crippen LogP contribution < -0.4 is 25.5 Å². The van der Waals surface area contributed by atoms with Crippen LogP contribution in [0.2, 0.25) is 5.02 Å². The number of allylic oxidation sites excluding steroid dienone is 1. The molecule has 1 aliphatic rings. The monoisotopic (exact) mass is 626 g/mol. The molecule has 0 fully saturated rings. The third-order valence-corrected chi connectivity index (χ3v) is 6.70. The molecule has 1 aromatic heterocycles. The van der Waals surface area contributed by atoms with Crippen LogP contribution in [0.3, 0.4) is 0 Å². The number of ether oxygens (including phenoxy) is 4. The van der Waals surface area contributed by atoms with E-state index in [9.17, 15) is 19.5 Å². The molecular weight excluding hydrogens is 596 g/mol. The fourth-order valence-corrected chi connectivity index (χ4v) is 4.55. The van der Waals surface area contributed by atoms with Crippen molar-refractivity contribution in [2.45, 2.75) is 26.1 Å². The molecule has 1 aliphatic heterocycles. The molecule has 0 bridgehead atoms. The Hall–Kier alpha value is -5.01. The first kappa shape index (κ1) is 31.9. The highest BCUT2D eigenvalue weighted by atomic mass is 35.5. The predicted octanol–water partition coefficient (Wildman–Crippen LogP) is 3.91. The van der Waals surface area contributed by atoms with Crippen LogP contribution in [0.25, 0.3) is 11.3 Å². The Labute approximate surface area is 257 Å². The molecule has 3 aromatic rings. The molecule has 2 amide bonds. The zero-order valence-corrected chi connectivity index (χ0v) is 25.1. The third-order valence-electron chi connectivity index (χ3n) is 6.37. The van der Waals surface area contributed by atoms with E-state index in [0.29, 0.717) is 57.0 Å². The van der Waals surface area contributed by atoms with Gasteiger partial charge in [0.1, 0.15) is 18.1 Å². The largest absolute Gasteiger partial charge is 0.490 e. The van der Waals surface area contributed by atoms with Crippen molar-refractivity contribution in [3.8, 4) is 22.8 Å². The molecular formula is C30H31ClN4O9. The van der Waals surface area contributed by atoms with Crippen molar-refractivity contribution in [3.63, 3.8) is 0 Å². The summed E-state index contributed by atoms with van der Waals surface area (Å²) in [5, 5.41) is 20.1. The summed E-state index contributed by atoms with van der Waals surface area (Å²) in [5.41, 5.74) is 4.56. The summed E-state index contributed by atoms with van der Waals surface area (Å²) < 4.78 is 26.9. The van der Waals surface area contributed by atoms with E-state index in [4.69, 9.17) is 35.0 Å². The second-order valence-electron chi connectivity index (χ2n) is 9.30. The van der Waals surface area contributed by atoms with Crippen LogP contribution in [-0.4, -0.2) is 63.0 Å². The zero-order chi connectivity index (χ0) is 31.8. The maximum absolute atomic E-state index is 12.4. The Morgan fingerprint density at radius 3 is 2.59 bits per heavy atom. The van der Waals surface area contributed by atoms with E-state index in [1.54, 1.807) is 62.4 Å². The normalized spacial score (nSPS) is 15.3. The van der Waals surface area contributed by atoms with Gasteiger partial charge in [-0.3, -0.25) is 5.43 Å². The molecule has 4 rings (SSSR count). The molecule has 2 atom stereocenters. The van der Waals surface area contributed by atoms with Gasteiger partial charge in [-0.1, -0.05) is 17.7 Å². The standard InChI is InChI=1S/C30H31ClN4O9/c1-5-42-24-13-17(27-26(29(38)41-4)16(2)33-30(39)34-27)7-10-23(24)43-15-25(36)35-32-14-19-8-11-22(44-19)20-12-18(28(37)40-3)6-9-21(20)31/h6-14,25,27,35-36H,5,15H2,1-4H3,(H2,33,34,39)/b32-14-/t25-,27-/m0/s1. The number of carbonyl (C=O) groups excluding carboxylic acids is 3. The van der Waals surface area contributed by atoms with Crippen molar-refractivity contribution in [2.75, 3.05) is 27.4 Å². The maximum Gasteiger partial charge on any atom is 0.337 e. The number of rotatable bonds is 12. The Morgan fingerprint density at radius 1 is 1.09 bits per heavy atom. The number of amides is 2. The Bertz CT molecular complexity index is 1600. The summed E-state index contributed by atoms with van der Waals surface area (Å²) in [5.74, 6) is 0.337. The molecule has 0 radical (unpaired) electrons. The van der Waals surface area contributed by atoms with E-state index in [0.717, 1.165) is 0 Å². The quantitative estimate of drug-likeness (QED) is 0.100. The van der Waals surface area contributed by atoms with Gasteiger partial charge in [0, 0.05) is 11.3 Å². The number of aliphatic hydroxyl groups excluding tert-OH is 1. The van der Waals surface area contributed by atoms with Crippen molar-refractivity contribution < 1.29 is 42.9 Å². The molecule has 13 nitrogen and oxygen atoms in total. The number of carbonyl (C=O) groups is 3. The molecule has 0 spiro atoms. The average Bonchev–Trinajstić information content (AvgIpc) is 3.48. The van der Waals surface area contributed by atoms with Crippen molar-refractivity contribution in [1.82, 2.24) is 16.1 Å². The van der Waals surface area contributed by atoms with Gasteiger partial charge < -0.3 is 39.1 Å². The lowest BCUT2D eigenvalue weighted by Crippen LogP contribution is -2.45. The van der Waals surface area contributed by atoms with Crippen molar-refractivity contribution in [2.24, 2.45) is 5.10 Å². The van der Waals surface area contributed by atoms with Crippen LogP contribution in [0.5, 0.6) is 11.5 Å². The number of esters is 2. The number of aliphatic hydroxyl groups is 1. The molecule has 0 aliphatic carbocycles. The number of urea groups is 1. The van der Waals surface area contributed by atoms with E-state index in [1.165, 1.54) is 20.4 Å². The van der Waals surface area contributed by atoms with Crippen molar-refractivity contribution >= 4 is 35.8 Å². The molecule has 44 heavy (non-hydrogen) atoms. The molecule has 2 aromatic carbocycles. The van der Waals surface area contributed by atoms with Gasteiger partial charge in [-0.05, 0) is 61.9 Å². The molecule has 232 valence electrons. The smallest absolute Gasteiger partial charge is 0.337 e. The van der Waals surface area contributed by atoms with Gasteiger partial charge >= 0.3 is 18.0 Å². The summed E-state index contributed by atoms with van der Waals surface area (Å²) in [4.78, 5) is 36.4. The number of methoxy groups -OCH3 is 2. The van der Waals surface area contributed by atoms with Gasteiger partial charge in [0.05, 0.1) is 49.2 Å². The number of halogens is 1. The number of hydrogen-bond acceptors (Lipinski definition) is 11. The molecule has 0 unspecified atom stereocenters. The summed E-state index contributed by atoms with van der Waals surface area (Å²) >= 11 is 6.28. The first-order valence-corrected chi connectivity index (χ1v) is 13.7. The fraction of sp³-hybridized carbons (Fsp3) is 0.267. The topological polar surface area (TPSA) is 170 Å². The molecule has 14 heteroatoms. The number of benzene rings is 2. The number of furan rings is 1. The van der Waals surface area contributed by atoms with Crippen LogP contribution >= 0.6 is 11.6 Å². The summed E-state index contributed by atoms with van der Waals surface area (Å²) in [6, 6.07) is 11.7. The minimum atomic E-state index is -1.21.